The molecule has 24 heavy (non-hydrogen) atoms. The average molecular weight is 319 g/mol. The number of hydrogen-bond donors (Lipinski definition) is 2. The van der Waals surface area contributed by atoms with Crippen LogP contribution in [-0.4, -0.2) is 20.4 Å². The van der Waals surface area contributed by atoms with Gasteiger partial charge in [0.2, 0.25) is 0 Å². The first kappa shape index (κ1) is 15.8. The fourth-order valence-electron chi connectivity index (χ4n) is 2.70. The number of rotatable bonds is 3. The molecular formula is C19H17N3O2. The molecule has 0 aliphatic carbocycles. The van der Waals surface area contributed by atoms with Crippen molar-refractivity contribution in [3.63, 3.8) is 0 Å². The van der Waals surface area contributed by atoms with Gasteiger partial charge in [-0.3, -0.25) is 4.79 Å². The Morgan fingerprint density at radius 1 is 1.33 bits per heavy atom. The molecule has 0 saturated heterocycles. The van der Waals surface area contributed by atoms with Crippen molar-refractivity contribution in [2.45, 2.75) is 20.5 Å². The first-order chi connectivity index (χ1) is 11.5. The van der Waals surface area contributed by atoms with E-state index in [0.29, 0.717) is 28.0 Å². The smallest absolute Gasteiger partial charge is 0.259 e. The molecule has 0 atom stereocenters. The summed E-state index contributed by atoms with van der Waals surface area (Å²) in [6.07, 6.45) is 7.18. The molecule has 0 saturated carbocycles. The van der Waals surface area contributed by atoms with E-state index in [1.54, 1.807) is 24.3 Å². The third kappa shape index (κ3) is 2.75. The Kier molecular flexibility index (Phi) is 4.07. The Bertz CT molecular complexity index is 980. The molecule has 5 heteroatoms. The van der Waals surface area contributed by atoms with Crippen LogP contribution >= 0.6 is 0 Å². The summed E-state index contributed by atoms with van der Waals surface area (Å²) in [5.41, 5.74) is 4.70. The zero-order valence-corrected chi connectivity index (χ0v) is 13.5. The number of hydrogen-bond acceptors (Lipinski definition) is 3. The minimum atomic E-state index is -0.279. The number of amides is 1. The van der Waals surface area contributed by atoms with Gasteiger partial charge in [0.05, 0.1) is 12.2 Å². The van der Waals surface area contributed by atoms with Crippen LogP contribution in [0.4, 0.5) is 5.69 Å². The van der Waals surface area contributed by atoms with Crippen molar-refractivity contribution in [2.24, 2.45) is 0 Å². The first-order valence-electron chi connectivity index (χ1n) is 7.50. The monoisotopic (exact) mass is 319 g/mol. The van der Waals surface area contributed by atoms with Gasteiger partial charge in [0, 0.05) is 34.4 Å². The summed E-state index contributed by atoms with van der Waals surface area (Å²) >= 11 is 0. The molecule has 0 radical (unpaired) electrons. The van der Waals surface area contributed by atoms with E-state index in [2.05, 4.69) is 16.2 Å². The van der Waals surface area contributed by atoms with Gasteiger partial charge in [0.1, 0.15) is 5.65 Å². The number of terminal acetylenes is 1. The molecule has 0 unspecified atom stereocenters. The SMILES string of the molecule is C#Cc1ccc(NC(=O)c2ccn3c(C)cc(C)nc23)c(CO)c1. The van der Waals surface area contributed by atoms with Crippen molar-refractivity contribution in [1.29, 1.82) is 0 Å². The molecule has 2 heterocycles. The predicted octanol–water partition coefficient (Wildman–Crippen LogP) is 2.68. The Morgan fingerprint density at radius 3 is 2.83 bits per heavy atom. The van der Waals surface area contributed by atoms with Crippen LogP contribution in [0.15, 0.2) is 36.5 Å². The number of aromatic nitrogens is 2. The van der Waals surface area contributed by atoms with E-state index >= 15 is 0 Å². The molecule has 5 nitrogen and oxygen atoms in total. The molecule has 0 fully saturated rings. The van der Waals surface area contributed by atoms with Gasteiger partial charge in [-0.15, -0.1) is 6.42 Å². The lowest BCUT2D eigenvalue weighted by atomic mass is 10.1. The van der Waals surface area contributed by atoms with E-state index in [1.165, 1.54) is 0 Å². The second kappa shape index (κ2) is 6.19. The minimum absolute atomic E-state index is 0.210. The normalized spacial score (nSPS) is 10.6. The molecule has 120 valence electrons. The van der Waals surface area contributed by atoms with E-state index in [9.17, 15) is 9.90 Å². The Morgan fingerprint density at radius 2 is 2.12 bits per heavy atom. The van der Waals surface area contributed by atoms with Crippen LogP contribution in [0, 0.1) is 26.2 Å². The third-order valence-corrected chi connectivity index (χ3v) is 3.87. The number of anilines is 1. The summed E-state index contributed by atoms with van der Waals surface area (Å²) in [6.45, 7) is 3.65. The number of nitrogens with zero attached hydrogens (tertiary/aromatic N) is 2. The maximum Gasteiger partial charge on any atom is 0.259 e. The van der Waals surface area contributed by atoms with E-state index in [-0.39, 0.29) is 12.5 Å². The molecule has 1 aromatic carbocycles. The fourth-order valence-corrected chi connectivity index (χ4v) is 2.70. The van der Waals surface area contributed by atoms with Gasteiger partial charge >= 0.3 is 0 Å². The maximum atomic E-state index is 12.6. The summed E-state index contributed by atoms with van der Waals surface area (Å²) in [6, 6.07) is 8.79. The third-order valence-electron chi connectivity index (χ3n) is 3.87. The molecule has 2 N–H and O–H groups in total. The molecule has 2 aromatic heterocycles. The molecular weight excluding hydrogens is 302 g/mol. The molecule has 3 rings (SSSR count). The van der Waals surface area contributed by atoms with Gasteiger partial charge in [-0.05, 0) is 44.2 Å². The van der Waals surface area contributed by atoms with Crippen molar-refractivity contribution >= 4 is 17.2 Å². The van der Waals surface area contributed by atoms with Crippen LogP contribution in [0.5, 0.6) is 0 Å². The van der Waals surface area contributed by atoms with Gasteiger partial charge in [-0.25, -0.2) is 4.98 Å². The number of nitrogens with one attached hydrogen (secondary N) is 1. The van der Waals surface area contributed by atoms with E-state index in [4.69, 9.17) is 6.42 Å². The summed E-state index contributed by atoms with van der Waals surface area (Å²) in [7, 11) is 0. The highest BCUT2D eigenvalue weighted by Crippen LogP contribution is 2.20. The summed E-state index contributed by atoms with van der Waals surface area (Å²) in [4.78, 5) is 17.1. The van der Waals surface area contributed by atoms with Crippen molar-refractivity contribution < 1.29 is 9.90 Å². The fraction of sp³-hybridized carbons (Fsp3) is 0.158. The molecule has 3 aromatic rings. The summed E-state index contributed by atoms with van der Waals surface area (Å²) < 4.78 is 1.87. The Labute approximate surface area is 140 Å². The Hall–Kier alpha value is -3.10. The van der Waals surface area contributed by atoms with Crippen LogP contribution in [0.1, 0.15) is 32.9 Å². The van der Waals surface area contributed by atoms with E-state index in [0.717, 1.165) is 11.4 Å². The van der Waals surface area contributed by atoms with Crippen LogP contribution < -0.4 is 5.32 Å². The number of aliphatic hydroxyl groups is 1. The van der Waals surface area contributed by atoms with Crippen molar-refractivity contribution in [3.05, 3.63) is 64.6 Å². The van der Waals surface area contributed by atoms with E-state index in [1.807, 2.05) is 30.5 Å². The largest absolute Gasteiger partial charge is 0.392 e. The number of carbonyl (C=O) groups is 1. The summed E-state index contributed by atoms with van der Waals surface area (Å²) in [5, 5.41) is 12.3. The van der Waals surface area contributed by atoms with Crippen LogP contribution in [0.3, 0.4) is 0 Å². The van der Waals surface area contributed by atoms with Crippen LogP contribution in [0.2, 0.25) is 0 Å². The lowest BCUT2D eigenvalue weighted by Gasteiger charge is -2.10. The highest BCUT2D eigenvalue weighted by Gasteiger charge is 2.15. The lowest BCUT2D eigenvalue weighted by Crippen LogP contribution is -2.14. The highest BCUT2D eigenvalue weighted by atomic mass is 16.3. The zero-order chi connectivity index (χ0) is 17.3. The quantitative estimate of drug-likeness (QED) is 0.729. The van der Waals surface area contributed by atoms with Gasteiger partial charge in [-0.1, -0.05) is 5.92 Å². The minimum Gasteiger partial charge on any atom is -0.392 e. The molecule has 0 aliphatic rings. The average Bonchev–Trinajstić information content (AvgIpc) is 2.99. The van der Waals surface area contributed by atoms with Crippen molar-refractivity contribution in [2.75, 3.05) is 5.32 Å². The second-order valence-electron chi connectivity index (χ2n) is 5.59. The highest BCUT2D eigenvalue weighted by molar-refractivity contribution is 6.08. The second-order valence-corrected chi connectivity index (χ2v) is 5.59. The van der Waals surface area contributed by atoms with Gasteiger partial charge < -0.3 is 14.8 Å². The zero-order valence-electron chi connectivity index (χ0n) is 13.5. The van der Waals surface area contributed by atoms with Crippen molar-refractivity contribution in [3.8, 4) is 12.3 Å². The molecule has 0 spiro atoms. The van der Waals surface area contributed by atoms with E-state index < -0.39 is 0 Å². The molecule has 0 aliphatic heterocycles. The topological polar surface area (TPSA) is 66.6 Å². The maximum absolute atomic E-state index is 12.6. The van der Waals surface area contributed by atoms with Gasteiger partial charge in [-0.2, -0.15) is 0 Å². The number of aliphatic hydroxyl groups excluding tert-OH is 1. The lowest BCUT2D eigenvalue weighted by molar-refractivity contribution is 0.102. The van der Waals surface area contributed by atoms with Crippen molar-refractivity contribution in [1.82, 2.24) is 9.38 Å². The standard InChI is InChI=1S/C19H17N3O2/c1-4-14-5-6-17(15(10-14)11-23)21-19(24)16-7-8-22-13(3)9-12(2)20-18(16)22/h1,5-10,23H,11H2,2-3H3,(H,21,24). The van der Waals surface area contributed by atoms with Gasteiger partial charge in [0.25, 0.3) is 5.91 Å². The molecule has 0 bridgehead atoms. The predicted molar refractivity (Wildman–Crippen MR) is 92.9 cm³/mol. The van der Waals surface area contributed by atoms with Crippen LogP contribution in [-0.2, 0) is 6.61 Å². The first-order valence-corrected chi connectivity index (χ1v) is 7.50. The number of fused-ring (bicyclic) bond motifs is 1. The van der Waals surface area contributed by atoms with Gasteiger partial charge in [0.15, 0.2) is 0 Å². The number of aryl methyl sites for hydroxylation is 2. The van der Waals surface area contributed by atoms with Crippen LogP contribution in [0.25, 0.3) is 5.65 Å². The summed E-state index contributed by atoms with van der Waals surface area (Å²) in [5.74, 6) is 2.23. The Balaban J connectivity index is 1.98. The number of carbonyl (C=O) groups excluding carboxylic acids is 1. The molecule has 1 amide bonds. The number of benzene rings is 1.